The summed E-state index contributed by atoms with van der Waals surface area (Å²) in [4.78, 5) is 13.2. The molecule has 0 unspecified atom stereocenters. The van der Waals surface area contributed by atoms with E-state index in [2.05, 4.69) is 10.0 Å². The summed E-state index contributed by atoms with van der Waals surface area (Å²) in [5, 5.41) is 2.77. The molecule has 0 saturated carbocycles. The summed E-state index contributed by atoms with van der Waals surface area (Å²) in [7, 11) is -0.975. The van der Waals surface area contributed by atoms with E-state index in [1.165, 1.54) is 26.4 Å². The van der Waals surface area contributed by atoms with Crippen LogP contribution < -0.4 is 24.2 Å². The van der Waals surface area contributed by atoms with Crippen molar-refractivity contribution in [1.29, 1.82) is 0 Å². The highest BCUT2D eigenvalue weighted by atomic mass is 32.2. The number of carbonyl (C=O) groups is 1. The first-order chi connectivity index (χ1) is 16.4. The smallest absolute Gasteiger partial charge is 0.242 e. The van der Waals surface area contributed by atoms with Crippen molar-refractivity contribution in [1.82, 2.24) is 4.72 Å². The molecule has 0 spiro atoms. The number of nitrogens with one attached hydrogen (secondary N) is 2. The first-order valence-electron chi connectivity index (χ1n) is 10.7. The molecule has 0 saturated heterocycles. The molecule has 0 bridgehead atoms. The summed E-state index contributed by atoms with van der Waals surface area (Å²) in [6, 6.07) is 19.1. The summed E-state index contributed by atoms with van der Waals surface area (Å²) in [6.07, 6.45) is 0.163. The molecule has 1 amide bonds. The molecule has 8 nitrogen and oxygen atoms in total. The zero-order valence-corrected chi connectivity index (χ0v) is 20.1. The lowest BCUT2D eigenvalue weighted by molar-refractivity contribution is -0.117. The van der Waals surface area contributed by atoms with Gasteiger partial charge in [-0.05, 0) is 55.3 Å². The third-order valence-electron chi connectivity index (χ3n) is 4.99. The summed E-state index contributed by atoms with van der Waals surface area (Å²) >= 11 is 0. The van der Waals surface area contributed by atoms with Crippen molar-refractivity contribution in [2.75, 3.05) is 26.1 Å². The molecule has 180 valence electrons. The Labute approximate surface area is 199 Å². The predicted octanol–water partition coefficient (Wildman–Crippen LogP) is 3.63. The fourth-order valence-electron chi connectivity index (χ4n) is 3.32. The van der Waals surface area contributed by atoms with Gasteiger partial charge in [-0.15, -0.1) is 0 Å². The second-order valence-electron chi connectivity index (χ2n) is 7.33. The number of amides is 1. The standard InChI is InChI=1S/C25H28N2O6S/c1-4-33-20-11-13-21(14-12-20)34(29,30)27-22(16-18-8-6-5-7-9-18)25(28)26-19-10-15-23(31-2)24(17-19)32-3/h5-15,17,22,27H,4,16H2,1-3H3,(H,26,28)/t22-/m0/s1. The fourth-order valence-corrected chi connectivity index (χ4v) is 4.51. The highest BCUT2D eigenvalue weighted by molar-refractivity contribution is 7.89. The number of methoxy groups -OCH3 is 2. The van der Waals surface area contributed by atoms with E-state index >= 15 is 0 Å². The van der Waals surface area contributed by atoms with Crippen LogP contribution in [0.15, 0.2) is 77.7 Å². The number of sulfonamides is 1. The molecule has 3 aromatic rings. The van der Waals surface area contributed by atoms with Crippen LogP contribution in [0, 0.1) is 0 Å². The lowest BCUT2D eigenvalue weighted by Gasteiger charge is -2.19. The molecule has 0 aliphatic rings. The van der Waals surface area contributed by atoms with Crippen LogP contribution in [-0.4, -0.2) is 41.2 Å². The van der Waals surface area contributed by atoms with E-state index in [0.717, 1.165) is 5.56 Å². The highest BCUT2D eigenvalue weighted by Crippen LogP contribution is 2.30. The Kier molecular flexibility index (Phi) is 8.50. The summed E-state index contributed by atoms with van der Waals surface area (Å²) in [6.45, 7) is 2.32. The van der Waals surface area contributed by atoms with E-state index in [9.17, 15) is 13.2 Å². The van der Waals surface area contributed by atoms with Crippen LogP contribution in [0.4, 0.5) is 5.69 Å². The van der Waals surface area contributed by atoms with Gasteiger partial charge in [0.1, 0.15) is 11.8 Å². The monoisotopic (exact) mass is 484 g/mol. The Morgan fingerprint density at radius 1 is 0.912 bits per heavy atom. The first-order valence-corrected chi connectivity index (χ1v) is 12.2. The lowest BCUT2D eigenvalue weighted by atomic mass is 10.1. The van der Waals surface area contributed by atoms with Crippen molar-refractivity contribution in [3.05, 3.63) is 78.4 Å². The molecule has 3 aromatic carbocycles. The fraction of sp³-hybridized carbons (Fsp3) is 0.240. The maximum atomic E-state index is 13.2. The van der Waals surface area contributed by atoms with Crippen LogP contribution in [0.1, 0.15) is 12.5 Å². The van der Waals surface area contributed by atoms with Crippen molar-refractivity contribution in [3.63, 3.8) is 0 Å². The molecular formula is C25H28N2O6S. The van der Waals surface area contributed by atoms with E-state index < -0.39 is 22.0 Å². The Hall–Kier alpha value is -3.56. The maximum absolute atomic E-state index is 13.2. The molecule has 0 aromatic heterocycles. The van der Waals surface area contributed by atoms with E-state index in [1.807, 2.05) is 37.3 Å². The third kappa shape index (κ3) is 6.49. The van der Waals surface area contributed by atoms with Crippen molar-refractivity contribution in [2.24, 2.45) is 0 Å². The number of hydrogen-bond acceptors (Lipinski definition) is 6. The molecule has 0 radical (unpaired) electrons. The molecule has 1 atom stereocenters. The van der Waals surface area contributed by atoms with Gasteiger partial charge in [-0.25, -0.2) is 8.42 Å². The average molecular weight is 485 g/mol. The van der Waals surface area contributed by atoms with Crippen molar-refractivity contribution < 1.29 is 27.4 Å². The van der Waals surface area contributed by atoms with Gasteiger partial charge in [0, 0.05) is 11.8 Å². The number of benzene rings is 3. The van der Waals surface area contributed by atoms with E-state index in [-0.39, 0.29) is 11.3 Å². The second-order valence-corrected chi connectivity index (χ2v) is 9.04. The summed E-state index contributed by atoms with van der Waals surface area (Å²) < 4.78 is 44.6. The third-order valence-corrected chi connectivity index (χ3v) is 6.48. The minimum atomic E-state index is -3.98. The highest BCUT2D eigenvalue weighted by Gasteiger charge is 2.26. The quantitative estimate of drug-likeness (QED) is 0.431. The van der Waals surface area contributed by atoms with Crippen molar-refractivity contribution in [3.8, 4) is 17.2 Å². The van der Waals surface area contributed by atoms with E-state index in [4.69, 9.17) is 14.2 Å². The summed E-state index contributed by atoms with van der Waals surface area (Å²) in [5.41, 5.74) is 1.25. The first kappa shape index (κ1) is 25.1. The van der Waals surface area contributed by atoms with E-state index in [0.29, 0.717) is 29.5 Å². The average Bonchev–Trinajstić information content (AvgIpc) is 2.84. The minimum absolute atomic E-state index is 0.0351. The Morgan fingerprint density at radius 2 is 1.59 bits per heavy atom. The van der Waals surface area contributed by atoms with Gasteiger partial charge in [0.15, 0.2) is 11.5 Å². The molecule has 0 aliphatic carbocycles. The van der Waals surface area contributed by atoms with Gasteiger partial charge < -0.3 is 19.5 Å². The van der Waals surface area contributed by atoms with Crippen LogP contribution in [-0.2, 0) is 21.2 Å². The summed E-state index contributed by atoms with van der Waals surface area (Å²) in [5.74, 6) is 1.01. The number of hydrogen-bond donors (Lipinski definition) is 2. The van der Waals surface area contributed by atoms with Gasteiger partial charge in [0.25, 0.3) is 0 Å². The predicted molar refractivity (Wildman–Crippen MR) is 130 cm³/mol. The van der Waals surface area contributed by atoms with Gasteiger partial charge in [0.05, 0.1) is 25.7 Å². The Morgan fingerprint density at radius 3 is 2.21 bits per heavy atom. The number of ether oxygens (including phenoxy) is 3. The SMILES string of the molecule is CCOc1ccc(S(=O)(=O)N[C@@H](Cc2ccccc2)C(=O)Nc2ccc(OC)c(OC)c2)cc1. The van der Waals surface area contributed by atoms with Gasteiger partial charge in [-0.2, -0.15) is 4.72 Å². The molecular weight excluding hydrogens is 456 g/mol. The molecule has 34 heavy (non-hydrogen) atoms. The number of anilines is 1. The van der Waals surface area contributed by atoms with Crippen LogP contribution in [0.3, 0.4) is 0 Å². The van der Waals surface area contributed by atoms with Crippen LogP contribution in [0.5, 0.6) is 17.2 Å². The van der Waals surface area contributed by atoms with Crippen molar-refractivity contribution >= 4 is 21.6 Å². The maximum Gasteiger partial charge on any atom is 0.242 e. The zero-order chi connectivity index (χ0) is 24.6. The number of carbonyl (C=O) groups excluding carboxylic acids is 1. The molecule has 0 aliphatic heterocycles. The molecule has 3 rings (SSSR count). The normalized spacial score (nSPS) is 12.0. The zero-order valence-electron chi connectivity index (χ0n) is 19.3. The van der Waals surface area contributed by atoms with Crippen molar-refractivity contribution in [2.45, 2.75) is 24.3 Å². The van der Waals surface area contributed by atoms with Gasteiger partial charge in [0.2, 0.25) is 15.9 Å². The second kappa shape index (κ2) is 11.5. The lowest BCUT2D eigenvalue weighted by Crippen LogP contribution is -2.45. The molecule has 2 N–H and O–H groups in total. The van der Waals surface area contributed by atoms with Crippen LogP contribution in [0.25, 0.3) is 0 Å². The van der Waals surface area contributed by atoms with Gasteiger partial charge in [-0.3, -0.25) is 4.79 Å². The van der Waals surface area contributed by atoms with Gasteiger partial charge in [-0.1, -0.05) is 30.3 Å². The molecule has 0 fully saturated rings. The van der Waals surface area contributed by atoms with Gasteiger partial charge >= 0.3 is 0 Å². The molecule has 0 heterocycles. The topological polar surface area (TPSA) is 103 Å². The minimum Gasteiger partial charge on any atom is -0.494 e. The Bertz CT molecular complexity index is 1200. The number of rotatable bonds is 11. The Balaban J connectivity index is 1.85. The largest absolute Gasteiger partial charge is 0.494 e. The van der Waals surface area contributed by atoms with E-state index in [1.54, 1.807) is 30.3 Å². The van der Waals surface area contributed by atoms with Crippen LogP contribution >= 0.6 is 0 Å². The van der Waals surface area contributed by atoms with Crippen LogP contribution in [0.2, 0.25) is 0 Å². The molecule has 9 heteroatoms.